The van der Waals surface area contributed by atoms with E-state index in [1.807, 2.05) is 19.1 Å². The highest BCUT2D eigenvalue weighted by Gasteiger charge is 2.12. The fraction of sp³-hybridized carbons (Fsp3) is 0.333. The van der Waals surface area contributed by atoms with Crippen LogP contribution in [0.2, 0.25) is 0 Å². The fourth-order valence-corrected chi connectivity index (χ4v) is 1.93. The number of furan rings is 1. The number of alkyl halides is 2. The summed E-state index contributed by atoms with van der Waals surface area (Å²) in [6.45, 7) is -0.436. The van der Waals surface area contributed by atoms with Crippen LogP contribution in [0.25, 0.3) is 0 Å². The molecular formula is C15H17F2NO3. The second kappa shape index (κ2) is 7.08. The van der Waals surface area contributed by atoms with Crippen molar-refractivity contribution in [1.82, 2.24) is 5.32 Å². The summed E-state index contributed by atoms with van der Waals surface area (Å²) < 4.78 is 39.5. The Morgan fingerprint density at radius 2 is 2.05 bits per heavy atom. The fourth-order valence-electron chi connectivity index (χ4n) is 1.93. The van der Waals surface area contributed by atoms with Crippen molar-refractivity contribution >= 4 is 0 Å². The van der Waals surface area contributed by atoms with Crippen molar-refractivity contribution in [2.75, 3.05) is 7.11 Å². The normalized spacial score (nSPS) is 12.4. The van der Waals surface area contributed by atoms with Crippen LogP contribution in [0.4, 0.5) is 8.78 Å². The average Bonchev–Trinajstić information content (AvgIpc) is 2.98. The lowest BCUT2D eigenvalue weighted by Gasteiger charge is -2.14. The molecule has 4 nitrogen and oxygen atoms in total. The molecule has 21 heavy (non-hydrogen) atoms. The lowest BCUT2D eigenvalue weighted by atomic mass is 10.1. The van der Waals surface area contributed by atoms with Crippen LogP contribution in [0.3, 0.4) is 0 Å². The molecule has 1 N–H and O–H groups in total. The molecule has 0 spiro atoms. The Kier molecular flexibility index (Phi) is 5.16. The molecule has 0 bridgehead atoms. The molecule has 1 heterocycles. The standard InChI is InChI=1S/C15H17F2NO3/c1-10(12-4-3-7-20-12)18-9-11-5-6-13(19-2)14(8-11)21-15(16)17/h3-8,10,15,18H,9H2,1-2H3/t10-/m1/s1. The maximum Gasteiger partial charge on any atom is 0.387 e. The summed E-state index contributed by atoms with van der Waals surface area (Å²) in [6, 6.07) is 8.63. The number of rotatable bonds is 7. The Morgan fingerprint density at radius 3 is 2.67 bits per heavy atom. The van der Waals surface area contributed by atoms with Crippen molar-refractivity contribution in [1.29, 1.82) is 0 Å². The molecule has 2 rings (SSSR count). The van der Waals surface area contributed by atoms with Gasteiger partial charge in [-0.25, -0.2) is 0 Å². The van der Waals surface area contributed by atoms with Crippen LogP contribution in [-0.2, 0) is 6.54 Å². The van der Waals surface area contributed by atoms with Crippen molar-refractivity contribution in [3.05, 3.63) is 47.9 Å². The molecule has 0 saturated heterocycles. The molecule has 0 radical (unpaired) electrons. The summed E-state index contributed by atoms with van der Waals surface area (Å²) in [5.41, 5.74) is 0.810. The first-order valence-electron chi connectivity index (χ1n) is 6.48. The summed E-state index contributed by atoms with van der Waals surface area (Å²) in [5, 5.41) is 3.24. The molecule has 6 heteroatoms. The summed E-state index contributed by atoms with van der Waals surface area (Å²) in [7, 11) is 1.41. The monoisotopic (exact) mass is 297 g/mol. The number of ether oxygens (including phenoxy) is 2. The van der Waals surface area contributed by atoms with Crippen LogP contribution < -0.4 is 14.8 Å². The molecule has 114 valence electrons. The van der Waals surface area contributed by atoms with Gasteiger partial charge in [0.1, 0.15) is 5.76 Å². The maximum atomic E-state index is 12.4. The molecule has 0 aliphatic rings. The third kappa shape index (κ3) is 4.19. The zero-order chi connectivity index (χ0) is 15.2. The molecule has 0 aliphatic carbocycles. The number of benzene rings is 1. The lowest BCUT2D eigenvalue weighted by molar-refractivity contribution is -0.0512. The molecule has 0 fully saturated rings. The Balaban J connectivity index is 2.03. The van der Waals surface area contributed by atoms with Gasteiger partial charge in [0.15, 0.2) is 11.5 Å². The van der Waals surface area contributed by atoms with E-state index in [0.29, 0.717) is 6.54 Å². The van der Waals surface area contributed by atoms with E-state index >= 15 is 0 Å². The topological polar surface area (TPSA) is 43.6 Å². The van der Waals surface area contributed by atoms with Crippen molar-refractivity contribution in [3.63, 3.8) is 0 Å². The van der Waals surface area contributed by atoms with Gasteiger partial charge in [-0.3, -0.25) is 0 Å². The molecule has 1 aromatic carbocycles. The quantitative estimate of drug-likeness (QED) is 0.845. The summed E-state index contributed by atoms with van der Waals surface area (Å²) >= 11 is 0. The first kappa shape index (κ1) is 15.3. The van der Waals surface area contributed by atoms with Crippen LogP contribution in [0.1, 0.15) is 24.3 Å². The Hall–Kier alpha value is -2.08. The van der Waals surface area contributed by atoms with Crippen molar-refractivity contribution in [3.8, 4) is 11.5 Å². The lowest BCUT2D eigenvalue weighted by Crippen LogP contribution is -2.17. The van der Waals surface area contributed by atoms with Crippen molar-refractivity contribution < 1.29 is 22.7 Å². The van der Waals surface area contributed by atoms with Gasteiger partial charge in [-0.05, 0) is 36.8 Å². The van der Waals surface area contributed by atoms with Gasteiger partial charge in [0.2, 0.25) is 0 Å². The highest BCUT2D eigenvalue weighted by Crippen LogP contribution is 2.29. The minimum Gasteiger partial charge on any atom is -0.493 e. The Bertz CT molecular complexity index is 558. The van der Waals surface area contributed by atoms with Crippen LogP contribution in [0.15, 0.2) is 41.0 Å². The van der Waals surface area contributed by atoms with E-state index in [-0.39, 0.29) is 17.5 Å². The zero-order valence-electron chi connectivity index (χ0n) is 11.8. The Morgan fingerprint density at radius 1 is 1.24 bits per heavy atom. The molecule has 2 aromatic rings. The van der Waals surface area contributed by atoms with Gasteiger partial charge >= 0.3 is 6.61 Å². The molecule has 0 saturated carbocycles. The molecular weight excluding hydrogens is 280 g/mol. The van der Waals surface area contributed by atoms with E-state index in [1.165, 1.54) is 13.2 Å². The van der Waals surface area contributed by atoms with Gasteiger partial charge in [-0.1, -0.05) is 6.07 Å². The average molecular weight is 297 g/mol. The summed E-state index contributed by atoms with van der Waals surface area (Å²) in [5.74, 6) is 1.11. The van der Waals surface area contributed by atoms with Crippen LogP contribution in [0.5, 0.6) is 11.5 Å². The number of hydrogen-bond donors (Lipinski definition) is 1. The molecule has 1 atom stereocenters. The van der Waals surface area contributed by atoms with E-state index in [2.05, 4.69) is 10.1 Å². The van der Waals surface area contributed by atoms with E-state index < -0.39 is 6.61 Å². The van der Waals surface area contributed by atoms with Gasteiger partial charge in [0, 0.05) is 6.54 Å². The predicted octanol–water partition coefficient (Wildman–Crippen LogP) is 3.74. The first-order chi connectivity index (χ1) is 10.1. The minimum absolute atomic E-state index is 0.0153. The molecule has 0 amide bonds. The highest BCUT2D eigenvalue weighted by molar-refractivity contribution is 5.43. The van der Waals surface area contributed by atoms with E-state index in [0.717, 1.165) is 11.3 Å². The number of nitrogens with one attached hydrogen (secondary N) is 1. The smallest absolute Gasteiger partial charge is 0.387 e. The van der Waals surface area contributed by atoms with Crippen LogP contribution >= 0.6 is 0 Å². The molecule has 1 aromatic heterocycles. The van der Waals surface area contributed by atoms with Gasteiger partial charge in [0.25, 0.3) is 0 Å². The Labute approximate surface area is 121 Å². The second-order valence-corrected chi connectivity index (χ2v) is 4.48. The van der Waals surface area contributed by atoms with Crippen LogP contribution in [-0.4, -0.2) is 13.7 Å². The summed E-state index contributed by atoms with van der Waals surface area (Å²) in [4.78, 5) is 0. The largest absolute Gasteiger partial charge is 0.493 e. The number of methoxy groups -OCH3 is 1. The third-order valence-electron chi connectivity index (χ3n) is 3.03. The second-order valence-electron chi connectivity index (χ2n) is 4.48. The molecule has 0 aliphatic heterocycles. The SMILES string of the molecule is COc1ccc(CN[C@H](C)c2ccco2)cc1OC(F)F. The predicted molar refractivity (Wildman–Crippen MR) is 73.6 cm³/mol. The maximum absolute atomic E-state index is 12.4. The minimum atomic E-state index is -2.89. The van der Waals surface area contributed by atoms with E-state index in [1.54, 1.807) is 18.4 Å². The zero-order valence-corrected chi connectivity index (χ0v) is 11.8. The van der Waals surface area contributed by atoms with Gasteiger partial charge < -0.3 is 19.2 Å². The van der Waals surface area contributed by atoms with E-state index in [9.17, 15) is 8.78 Å². The third-order valence-corrected chi connectivity index (χ3v) is 3.03. The summed E-state index contributed by atoms with van der Waals surface area (Å²) in [6.07, 6.45) is 1.61. The highest BCUT2D eigenvalue weighted by atomic mass is 19.3. The number of halogens is 2. The van der Waals surface area contributed by atoms with Gasteiger partial charge in [-0.15, -0.1) is 0 Å². The van der Waals surface area contributed by atoms with Gasteiger partial charge in [-0.2, -0.15) is 8.78 Å². The molecule has 0 unspecified atom stereocenters. The van der Waals surface area contributed by atoms with Gasteiger partial charge in [0.05, 0.1) is 19.4 Å². The van der Waals surface area contributed by atoms with Crippen LogP contribution in [0, 0.1) is 0 Å². The van der Waals surface area contributed by atoms with E-state index in [4.69, 9.17) is 9.15 Å². The first-order valence-corrected chi connectivity index (χ1v) is 6.48. The number of hydrogen-bond acceptors (Lipinski definition) is 4. The van der Waals surface area contributed by atoms with Crippen molar-refractivity contribution in [2.45, 2.75) is 26.1 Å². The van der Waals surface area contributed by atoms with Crippen molar-refractivity contribution in [2.24, 2.45) is 0 Å².